The van der Waals surface area contributed by atoms with Crippen molar-refractivity contribution in [2.45, 2.75) is 59.3 Å². The minimum atomic E-state index is -0.458. The van der Waals surface area contributed by atoms with E-state index in [-0.39, 0.29) is 12.1 Å². The van der Waals surface area contributed by atoms with Gasteiger partial charge in [0.15, 0.2) is 0 Å². The summed E-state index contributed by atoms with van der Waals surface area (Å²) in [5, 5.41) is 0. The van der Waals surface area contributed by atoms with E-state index >= 15 is 0 Å². The van der Waals surface area contributed by atoms with Crippen molar-refractivity contribution in [2.75, 3.05) is 9.80 Å². The Morgan fingerprint density at radius 1 is 0.433 bits per heavy atom. The van der Waals surface area contributed by atoms with Crippen LogP contribution in [0.3, 0.4) is 0 Å². The number of hydrogen-bond donors (Lipinski definition) is 0. The van der Waals surface area contributed by atoms with Gasteiger partial charge in [0.05, 0.1) is 5.41 Å². The highest BCUT2D eigenvalue weighted by atomic mass is 15.2. The van der Waals surface area contributed by atoms with Crippen LogP contribution in [-0.2, 0) is 10.8 Å². The van der Waals surface area contributed by atoms with Crippen LogP contribution < -0.4 is 26.2 Å². The fourth-order valence-electron chi connectivity index (χ4n) is 10.9. The van der Waals surface area contributed by atoms with Crippen LogP contribution in [0.5, 0.6) is 0 Å². The molecule has 8 aromatic rings. The number of anilines is 6. The zero-order valence-corrected chi connectivity index (χ0v) is 35.6. The lowest BCUT2D eigenvalue weighted by Crippen LogP contribution is -2.61. The van der Waals surface area contributed by atoms with E-state index in [0.717, 1.165) is 0 Å². The summed E-state index contributed by atoms with van der Waals surface area (Å²) in [6.07, 6.45) is 0. The second-order valence-electron chi connectivity index (χ2n) is 18.5. The Hall–Kier alpha value is -6.58. The number of rotatable bonds is 4. The summed E-state index contributed by atoms with van der Waals surface area (Å²) in [6.45, 7) is 16.1. The molecule has 0 unspecified atom stereocenters. The summed E-state index contributed by atoms with van der Waals surface area (Å²) >= 11 is 0. The lowest BCUT2D eigenvalue weighted by atomic mass is 9.33. The lowest BCUT2D eigenvalue weighted by molar-refractivity contribution is 0.590. The monoisotopic (exact) mass is 772 g/mol. The molecule has 0 atom stereocenters. The van der Waals surface area contributed by atoms with Crippen molar-refractivity contribution in [1.29, 1.82) is 0 Å². The standard InChI is InChI=1S/C57H49BN2/c1-36-16-15-19-42(30-36)59-51-31-37(2)24-28-49(51)58-50-29-25-38(3)32-52(50)60(54-35-41(56(5,6)7)34-53(59)55(54)58)43-26-27-46(39(4)33-43)57(40-17-9-8-10-18-40)47-22-13-11-20-44(47)45-21-12-14-23-48(45)57/h8-35H,1-7H3. The minimum Gasteiger partial charge on any atom is -0.311 e. The van der Waals surface area contributed by atoms with Crippen LogP contribution in [-0.4, -0.2) is 6.71 Å². The van der Waals surface area contributed by atoms with Gasteiger partial charge in [-0.2, -0.15) is 0 Å². The van der Waals surface area contributed by atoms with E-state index in [1.807, 2.05) is 0 Å². The zero-order valence-electron chi connectivity index (χ0n) is 35.6. The number of aryl methyl sites for hydroxylation is 4. The smallest absolute Gasteiger partial charge is 0.252 e. The van der Waals surface area contributed by atoms with E-state index in [9.17, 15) is 0 Å². The van der Waals surface area contributed by atoms with Gasteiger partial charge in [0, 0.05) is 34.1 Å². The number of fused-ring (bicyclic) bond motifs is 7. The Kier molecular flexibility index (Phi) is 8.04. The van der Waals surface area contributed by atoms with Crippen molar-refractivity contribution in [2.24, 2.45) is 0 Å². The molecule has 60 heavy (non-hydrogen) atoms. The molecular weight excluding hydrogens is 723 g/mol. The first-order valence-corrected chi connectivity index (χ1v) is 21.5. The summed E-state index contributed by atoms with van der Waals surface area (Å²) in [7, 11) is 0. The molecule has 3 heteroatoms. The maximum atomic E-state index is 2.59. The normalized spacial score (nSPS) is 14.3. The first-order chi connectivity index (χ1) is 29.0. The average molecular weight is 773 g/mol. The third kappa shape index (κ3) is 5.21. The lowest BCUT2D eigenvalue weighted by Gasteiger charge is -2.45. The van der Waals surface area contributed by atoms with Gasteiger partial charge in [-0.3, -0.25) is 0 Å². The number of nitrogens with zero attached hydrogens (tertiary/aromatic N) is 2. The fraction of sp³-hybridized carbons (Fsp3) is 0.158. The van der Waals surface area contributed by atoms with Crippen LogP contribution in [0.1, 0.15) is 70.8 Å². The molecule has 0 spiro atoms. The maximum Gasteiger partial charge on any atom is 0.252 e. The van der Waals surface area contributed by atoms with Crippen molar-refractivity contribution in [1.82, 2.24) is 0 Å². The van der Waals surface area contributed by atoms with E-state index in [2.05, 4.69) is 228 Å². The Balaban J connectivity index is 1.19. The van der Waals surface area contributed by atoms with Gasteiger partial charge in [-0.15, -0.1) is 0 Å². The number of benzene rings is 8. The van der Waals surface area contributed by atoms with Gasteiger partial charge >= 0.3 is 0 Å². The second-order valence-corrected chi connectivity index (χ2v) is 18.5. The molecule has 290 valence electrons. The third-order valence-corrected chi connectivity index (χ3v) is 13.5. The van der Waals surface area contributed by atoms with Gasteiger partial charge in [0.25, 0.3) is 6.71 Å². The van der Waals surface area contributed by atoms with Gasteiger partial charge in [-0.05, 0) is 159 Å². The van der Waals surface area contributed by atoms with Crippen LogP contribution in [0, 0.1) is 27.7 Å². The molecule has 0 saturated carbocycles. The topological polar surface area (TPSA) is 6.48 Å². The van der Waals surface area contributed by atoms with E-state index < -0.39 is 5.41 Å². The van der Waals surface area contributed by atoms with Crippen molar-refractivity contribution in [3.63, 3.8) is 0 Å². The van der Waals surface area contributed by atoms with Crippen LogP contribution in [0.2, 0.25) is 0 Å². The van der Waals surface area contributed by atoms with Crippen LogP contribution >= 0.6 is 0 Å². The molecule has 2 heterocycles. The molecule has 1 aliphatic carbocycles. The summed E-state index contributed by atoms with van der Waals surface area (Å²) in [6, 6.07) is 64.8. The summed E-state index contributed by atoms with van der Waals surface area (Å²) in [5.41, 5.74) is 25.2. The van der Waals surface area contributed by atoms with Gasteiger partial charge in [0.1, 0.15) is 0 Å². The molecule has 11 rings (SSSR count). The van der Waals surface area contributed by atoms with Crippen molar-refractivity contribution >= 4 is 57.2 Å². The number of hydrogen-bond acceptors (Lipinski definition) is 2. The average Bonchev–Trinajstić information content (AvgIpc) is 3.54. The van der Waals surface area contributed by atoms with Gasteiger partial charge < -0.3 is 9.80 Å². The van der Waals surface area contributed by atoms with Crippen LogP contribution in [0.15, 0.2) is 170 Å². The van der Waals surface area contributed by atoms with E-state index in [0.29, 0.717) is 0 Å². The highest BCUT2D eigenvalue weighted by Crippen LogP contribution is 2.57. The summed E-state index contributed by atoms with van der Waals surface area (Å²) < 4.78 is 0. The second kappa shape index (κ2) is 13.2. The van der Waals surface area contributed by atoms with Crippen molar-refractivity contribution in [3.8, 4) is 11.1 Å². The Morgan fingerprint density at radius 2 is 0.967 bits per heavy atom. The molecule has 0 saturated heterocycles. The van der Waals surface area contributed by atoms with Crippen molar-refractivity contribution < 1.29 is 0 Å². The van der Waals surface area contributed by atoms with E-state index in [1.165, 1.54) is 112 Å². The van der Waals surface area contributed by atoms with Crippen molar-refractivity contribution in [3.05, 3.63) is 220 Å². The fourth-order valence-corrected chi connectivity index (χ4v) is 10.9. The zero-order chi connectivity index (χ0) is 41.1. The Labute approximate surface area is 355 Å². The van der Waals surface area contributed by atoms with Crippen LogP contribution in [0.4, 0.5) is 34.1 Å². The molecule has 0 radical (unpaired) electrons. The summed E-state index contributed by atoms with van der Waals surface area (Å²) in [5.74, 6) is 0. The maximum absolute atomic E-state index is 2.59. The van der Waals surface area contributed by atoms with E-state index in [4.69, 9.17) is 0 Å². The largest absolute Gasteiger partial charge is 0.311 e. The third-order valence-electron chi connectivity index (χ3n) is 13.5. The molecule has 8 aromatic carbocycles. The highest BCUT2D eigenvalue weighted by Gasteiger charge is 2.48. The Bertz CT molecular complexity index is 3000. The Morgan fingerprint density at radius 3 is 1.52 bits per heavy atom. The molecule has 0 amide bonds. The quantitative estimate of drug-likeness (QED) is 0.164. The first kappa shape index (κ1) is 36.5. The van der Waals surface area contributed by atoms with Gasteiger partial charge in [-0.1, -0.05) is 142 Å². The molecule has 0 bridgehead atoms. The van der Waals surface area contributed by atoms with E-state index in [1.54, 1.807) is 0 Å². The summed E-state index contributed by atoms with van der Waals surface area (Å²) in [4.78, 5) is 5.13. The molecule has 3 aliphatic rings. The predicted molar refractivity (Wildman–Crippen MR) is 255 cm³/mol. The molecular formula is C57H49BN2. The minimum absolute atomic E-state index is 0.0840. The predicted octanol–water partition coefficient (Wildman–Crippen LogP) is 12.7. The molecule has 0 N–H and O–H groups in total. The van der Waals surface area contributed by atoms with Crippen LogP contribution in [0.25, 0.3) is 11.1 Å². The van der Waals surface area contributed by atoms with Gasteiger partial charge in [0.2, 0.25) is 0 Å². The molecule has 0 aromatic heterocycles. The molecule has 2 nitrogen and oxygen atoms in total. The van der Waals surface area contributed by atoms with Gasteiger partial charge in [-0.25, -0.2) is 0 Å². The highest BCUT2D eigenvalue weighted by molar-refractivity contribution is 7.00. The first-order valence-electron chi connectivity index (χ1n) is 21.5. The SMILES string of the molecule is Cc1cccc(N2c3cc(C)ccc3B3c4ccc(C)cc4N(c4ccc(C5(c6ccccc6)c6ccccc6-c6ccccc65)c(C)c4)c4cc(C(C)(C)C)cc2c43)c1. The molecule has 0 fully saturated rings. The molecule has 2 aliphatic heterocycles.